The summed E-state index contributed by atoms with van der Waals surface area (Å²) in [7, 11) is -3.19. The van der Waals surface area contributed by atoms with Gasteiger partial charge in [0.25, 0.3) is 0 Å². The molecule has 0 aliphatic heterocycles. The van der Waals surface area contributed by atoms with Crippen molar-refractivity contribution < 1.29 is 13.2 Å². The van der Waals surface area contributed by atoms with Crippen molar-refractivity contribution in [3.8, 4) is 0 Å². The lowest BCUT2D eigenvalue weighted by atomic mass is 9.95. The molecule has 0 saturated carbocycles. The molecule has 0 spiro atoms. The van der Waals surface area contributed by atoms with Crippen LogP contribution in [0.15, 0.2) is 60.7 Å². The second-order valence-corrected chi connectivity index (χ2v) is 8.63. The molecule has 3 N–H and O–H groups in total. The van der Waals surface area contributed by atoms with Crippen LogP contribution in [0, 0.1) is 5.92 Å². The fourth-order valence-electron chi connectivity index (χ4n) is 2.69. The van der Waals surface area contributed by atoms with Gasteiger partial charge in [0, 0.05) is 12.6 Å². The van der Waals surface area contributed by atoms with E-state index < -0.39 is 21.8 Å². The zero-order valence-electron chi connectivity index (χ0n) is 15.0. The van der Waals surface area contributed by atoms with Crippen LogP contribution < -0.4 is 11.1 Å². The Balaban J connectivity index is 1.75. The Morgan fingerprint density at radius 3 is 2.23 bits per heavy atom. The van der Waals surface area contributed by atoms with Crippen LogP contribution >= 0.6 is 0 Å². The van der Waals surface area contributed by atoms with Crippen molar-refractivity contribution in [2.75, 3.05) is 12.3 Å². The maximum absolute atomic E-state index is 12.2. The van der Waals surface area contributed by atoms with Gasteiger partial charge in [0.15, 0.2) is 9.84 Å². The summed E-state index contributed by atoms with van der Waals surface area (Å²) in [5.41, 5.74) is 7.82. The minimum Gasteiger partial charge on any atom is -0.356 e. The van der Waals surface area contributed by atoms with E-state index in [1.54, 1.807) is 19.1 Å². The van der Waals surface area contributed by atoms with Crippen LogP contribution in [0.5, 0.6) is 0 Å². The predicted octanol–water partition coefficient (Wildman–Crippen LogP) is 2.44. The van der Waals surface area contributed by atoms with Gasteiger partial charge in [-0.3, -0.25) is 4.79 Å². The molecule has 0 heterocycles. The van der Waals surface area contributed by atoms with E-state index in [0.29, 0.717) is 13.0 Å². The van der Waals surface area contributed by atoms with E-state index in [2.05, 4.69) is 5.32 Å². The van der Waals surface area contributed by atoms with E-state index in [4.69, 9.17) is 5.73 Å². The highest BCUT2D eigenvalue weighted by molar-refractivity contribution is 7.90. The minimum atomic E-state index is -3.19. The number of carbonyl (C=O) groups excluding carboxylic acids is 1. The smallest absolute Gasteiger partial charge is 0.224 e. The quantitative estimate of drug-likeness (QED) is 0.660. The number of rotatable bonds is 9. The molecular weight excluding hydrogens is 348 g/mol. The van der Waals surface area contributed by atoms with E-state index in [1.807, 2.05) is 48.5 Å². The summed E-state index contributed by atoms with van der Waals surface area (Å²) in [6, 6.07) is 18.2. The maximum atomic E-state index is 12.2. The summed E-state index contributed by atoms with van der Waals surface area (Å²) in [4.78, 5) is 12.2. The third kappa shape index (κ3) is 6.28. The number of nitrogens with two attached hydrogens (primary N) is 1. The lowest BCUT2D eigenvalue weighted by molar-refractivity contribution is -0.125. The molecule has 0 aliphatic rings. The largest absolute Gasteiger partial charge is 0.356 e. The molecule has 0 bridgehead atoms. The van der Waals surface area contributed by atoms with Gasteiger partial charge in [-0.2, -0.15) is 0 Å². The van der Waals surface area contributed by atoms with Gasteiger partial charge in [-0.25, -0.2) is 8.42 Å². The molecule has 0 saturated heterocycles. The van der Waals surface area contributed by atoms with Crippen molar-refractivity contribution >= 4 is 15.7 Å². The fraction of sp³-hybridized carbons (Fsp3) is 0.350. The molecule has 140 valence electrons. The Hall–Kier alpha value is -2.18. The summed E-state index contributed by atoms with van der Waals surface area (Å²) >= 11 is 0. The minimum absolute atomic E-state index is 0.0249. The van der Waals surface area contributed by atoms with Gasteiger partial charge in [0.1, 0.15) is 0 Å². The Morgan fingerprint density at radius 1 is 1.04 bits per heavy atom. The van der Waals surface area contributed by atoms with Crippen LogP contribution in [-0.2, 0) is 20.4 Å². The van der Waals surface area contributed by atoms with Gasteiger partial charge in [-0.15, -0.1) is 0 Å². The summed E-state index contributed by atoms with van der Waals surface area (Å²) in [6.45, 7) is 2.10. The Labute approximate surface area is 155 Å². The van der Waals surface area contributed by atoms with Crippen LogP contribution in [0.4, 0.5) is 0 Å². The first-order chi connectivity index (χ1) is 12.4. The summed E-state index contributed by atoms with van der Waals surface area (Å²) < 4.78 is 24.3. The average molecular weight is 375 g/mol. The van der Waals surface area contributed by atoms with Gasteiger partial charge < -0.3 is 11.1 Å². The predicted molar refractivity (Wildman–Crippen MR) is 104 cm³/mol. The van der Waals surface area contributed by atoms with Gasteiger partial charge in [0.2, 0.25) is 5.91 Å². The van der Waals surface area contributed by atoms with Crippen LogP contribution in [-0.4, -0.2) is 26.6 Å². The lowest BCUT2D eigenvalue weighted by Crippen LogP contribution is -2.36. The number of carbonyl (C=O) groups is 1. The highest BCUT2D eigenvalue weighted by atomic mass is 32.2. The van der Waals surface area contributed by atoms with Gasteiger partial charge in [0.05, 0.1) is 17.4 Å². The number of benzene rings is 2. The zero-order valence-corrected chi connectivity index (χ0v) is 15.8. The molecule has 26 heavy (non-hydrogen) atoms. The fourth-order valence-corrected chi connectivity index (χ4v) is 4.12. The lowest BCUT2D eigenvalue weighted by Gasteiger charge is -2.19. The highest BCUT2D eigenvalue weighted by Gasteiger charge is 2.21. The van der Waals surface area contributed by atoms with Gasteiger partial charge >= 0.3 is 0 Å². The van der Waals surface area contributed by atoms with E-state index in [1.165, 1.54) is 0 Å². The maximum Gasteiger partial charge on any atom is 0.224 e. The zero-order chi connectivity index (χ0) is 19.0. The molecule has 2 aromatic carbocycles. The van der Waals surface area contributed by atoms with Crippen LogP contribution in [0.3, 0.4) is 0 Å². The van der Waals surface area contributed by atoms with Crippen molar-refractivity contribution in [3.05, 3.63) is 71.8 Å². The molecule has 2 atom stereocenters. The number of hydrogen-bond acceptors (Lipinski definition) is 4. The third-order valence-electron chi connectivity index (χ3n) is 4.30. The van der Waals surface area contributed by atoms with Crippen molar-refractivity contribution in [1.82, 2.24) is 5.32 Å². The van der Waals surface area contributed by atoms with E-state index >= 15 is 0 Å². The van der Waals surface area contributed by atoms with Crippen molar-refractivity contribution in [2.45, 2.75) is 25.1 Å². The number of hydrogen-bond donors (Lipinski definition) is 2. The molecule has 0 fully saturated rings. The van der Waals surface area contributed by atoms with E-state index in [0.717, 1.165) is 11.1 Å². The van der Waals surface area contributed by atoms with Crippen LogP contribution in [0.1, 0.15) is 30.5 Å². The SMILES string of the molecule is CC(C(=O)NCCCS(=O)(=O)Cc1ccccc1)C(N)c1ccccc1. The number of amides is 1. The summed E-state index contributed by atoms with van der Waals surface area (Å²) in [6.07, 6.45) is 0.383. The van der Waals surface area contributed by atoms with Crippen molar-refractivity contribution in [1.29, 1.82) is 0 Å². The molecule has 2 unspecified atom stereocenters. The normalized spacial score (nSPS) is 13.8. The Kier molecular flexibility index (Phi) is 7.36. The molecule has 5 nitrogen and oxygen atoms in total. The number of sulfone groups is 1. The molecule has 0 aromatic heterocycles. The first kappa shape index (κ1) is 20.1. The second kappa shape index (κ2) is 9.50. The molecule has 1 amide bonds. The van der Waals surface area contributed by atoms with Crippen molar-refractivity contribution in [3.63, 3.8) is 0 Å². The summed E-state index contributed by atoms with van der Waals surface area (Å²) in [5, 5.41) is 2.79. The Bertz CT molecular complexity index is 792. The van der Waals surface area contributed by atoms with E-state index in [-0.39, 0.29) is 17.4 Å². The first-order valence-electron chi connectivity index (χ1n) is 8.71. The molecule has 0 aliphatic carbocycles. The van der Waals surface area contributed by atoms with Crippen molar-refractivity contribution in [2.24, 2.45) is 11.7 Å². The standard InChI is InChI=1S/C20H26N2O3S/c1-16(19(21)18-11-6-3-7-12-18)20(23)22-13-8-14-26(24,25)15-17-9-4-2-5-10-17/h2-7,9-12,16,19H,8,13-15,21H2,1H3,(H,22,23). The average Bonchev–Trinajstić information content (AvgIpc) is 2.65. The third-order valence-corrected chi connectivity index (χ3v) is 5.98. The monoisotopic (exact) mass is 374 g/mol. The molecule has 2 aromatic rings. The first-order valence-corrected chi connectivity index (χ1v) is 10.5. The van der Waals surface area contributed by atoms with E-state index in [9.17, 15) is 13.2 Å². The highest BCUT2D eigenvalue weighted by Crippen LogP contribution is 2.19. The van der Waals surface area contributed by atoms with Crippen LogP contribution in [0.2, 0.25) is 0 Å². The molecule has 2 rings (SSSR count). The topological polar surface area (TPSA) is 89.3 Å². The Morgan fingerprint density at radius 2 is 1.62 bits per heavy atom. The number of nitrogens with one attached hydrogen (secondary N) is 1. The molecular formula is C20H26N2O3S. The van der Waals surface area contributed by atoms with Gasteiger partial charge in [-0.1, -0.05) is 67.6 Å². The molecule has 0 radical (unpaired) electrons. The summed E-state index contributed by atoms with van der Waals surface area (Å²) in [5.74, 6) is -0.488. The van der Waals surface area contributed by atoms with Gasteiger partial charge in [-0.05, 0) is 17.5 Å². The molecule has 6 heteroatoms. The second-order valence-electron chi connectivity index (χ2n) is 6.45. The van der Waals surface area contributed by atoms with Crippen LogP contribution in [0.25, 0.3) is 0 Å².